The van der Waals surface area contributed by atoms with Gasteiger partial charge in [0.1, 0.15) is 0 Å². The molecule has 0 N–H and O–H groups in total. The SMILES string of the molecule is CC=CC=CC(=O)C=O. The van der Waals surface area contributed by atoms with Crippen LogP contribution in [-0.4, -0.2) is 12.1 Å². The molecule has 0 aliphatic carbocycles. The van der Waals surface area contributed by atoms with E-state index in [-0.39, 0.29) is 6.29 Å². The van der Waals surface area contributed by atoms with Crippen molar-refractivity contribution >= 4 is 12.1 Å². The zero-order valence-electron chi connectivity index (χ0n) is 5.20. The molecular formula is C7H8O2. The van der Waals surface area contributed by atoms with E-state index >= 15 is 0 Å². The molecule has 0 bridgehead atoms. The Balaban J connectivity index is 3.70. The molecule has 0 amide bonds. The first-order valence-corrected chi connectivity index (χ1v) is 2.59. The molecule has 0 atom stereocenters. The van der Waals surface area contributed by atoms with Crippen molar-refractivity contribution < 1.29 is 9.59 Å². The number of carbonyl (C=O) groups excluding carboxylic acids is 2. The molecule has 2 nitrogen and oxygen atoms in total. The van der Waals surface area contributed by atoms with Gasteiger partial charge in [-0.05, 0) is 13.0 Å². The standard InChI is InChI=1S/C7H8O2/c1-2-3-4-5-7(9)6-8/h2-6H,1H3. The van der Waals surface area contributed by atoms with E-state index in [1.807, 2.05) is 6.92 Å². The van der Waals surface area contributed by atoms with Crippen LogP contribution < -0.4 is 0 Å². The molecule has 0 aliphatic heterocycles. The molecule has 0 radical (unpaired) electrons. The summed E-state index contributed by atoms with van der Waals surface area (Å²) in [6.45, 7) is 1.83. The van der Waals surface area contributed by atoms with Crippen LogP contribution in [0.15, 0.2) is 24.3 Å². The highest BCUT2D eigenvalue weighted by Crippen LogP contribution is 1.75. The van der Waals surface area contributed by atoms with Crippen LogP contribution in [0, 0.1) is 0 Å². The number of hydrogen-bond acceptors (Lipinski definition) is 2. The van der Waals surface area contributed by atoms with Crippen LogP contribution in [-0.2, 0) is 9.59 Å². The minimum atomic E-state index is -0.506. The van der Waals surface area contributed by atoms with Gasteiger partial charge in [0.15, 0.2) is 6.29 Å². The Labute approximate surface area is 53.9 Å². The Morgan fingerprint density at radius 3 is 2.44 bits per heavy atom. The van der Waals surface area contributed by atoms with Gasteiger partial charge in [-0.3, -0.25) is 9.59 Å². The molecule has 48 valence electrons. The first-order chi connectivity index (χ1) is 4.31. The van der Waals surface area contributed by atoms with Crippen LogP contribution in [0.3, 0.4) is 0 Å². The Morgan fingerprint density at radius 2 is 2.00 bits per heavy atom. The summed E-state index contributed by atoms with van der Waals surface area (Å²) in [4.78, 5) is 19.9. The number of allylic oxidation sites excluding steroid dienone is 4. The molecule has 0 aromatic rings. The molecule has 0 aliphatic rings. The first-order valence-electron chi connectivity index (χ1n) is 2.59. The van der Waals surface area contributed by atoms with Crippen molar-refractivity contribution in [2.45, 2.75) is 6.92 Å². The summed E-state index contributed by atoms with van der Waals surface area (Å²) in [7, 11) is 0. The summed E-state index contributed by atoms with van der Waals surface area (Å²) in [5, 5.41) is 0. The summed E-state index contributed by atoms with van der Waals surface area (Å²) >= 11 is 0. The molecule has 2 heteroatoms. The maximum Gasteiger partial charge on any atom is 0.218 e. The van der Waals surface area contributed by atoms with Crippen molar-refractivity contribution in [2.75, 3.05) is 0 Å². The Kier molecular flexibility index (Phi) is 4.32. The molecule has 0 rings (SSSR count). The average Bonchev–Trinajstić information content (AvgIpc) is 1.89. The minimum absolute atomic E-state index is 0.278. The van der Waals surface area contributed by atoms with Crippen molar-refractivity contribution in [3.05, 3.63) is 24.3 Å². The fourth-order valence-electron chi connectivity index (χ4n) is 0.301. The van der Waals surface area contributed by atoms with E-state index in [2.05, 4.69) is 0 Å². The molecule has 0 saturated heterocycles. The highest BCUT2D eigenvalue weighted by atomic mass is 16.2. The second kappa shape index (κ2) is 4.97. The van der Waals surface area contributed by atoms with Crippen LogP contribution in [0.1, 0.15) is 6.92 Å². The predicted octanol–water partition coefficient (Wildman–Crippen LogP) is 0.887. The van der Waals surface area contributed by atoms with Gasteiger partial charge in [-0.2, -0.15) is 0 Å². The quantitative estimate of drug-likeness (QED) is 0.242. The van der Waals surface area contributed by atoms with Gasteiger partial charge in [-0.25, -0.2) is 0 Å². The van der Waals surface area contributed by atoms with Gasteiger partial charge < -0.3 is 0 Å². The van der Waals surface area contributed by atoms with E-state index in [0.29, 0.717) is 0 Å². The lowest BCUT2D eigenvalue weighted by atomic mass is 10.3. The molecular weight excluding hydrogens is 116 g/mol. The molecule has 9 heavy (non-hydrogen) atoms. The lowest BCUT2D eigenvalue weighted by molar-refractivity contribution is -0.126. The van der Waals surface area contributed by atoms with E-state index < -0.39 is 5.78 Å². The summed E-state index contributed by atoms with van der Waals surface area (Å²) in [6.07, 6.45) is 6.47. The predicted molar refractivity (Wildman–Crippen MR) is 35.0 cm³/mol. The molecule has 0 spiro atoms. The number of rotatable bonds is 3. The van der Waals surface area contributed by atoms with Gasteiger partial charge in [0.2, 0.25) is 5.78 Å². The zero-order chi connectivity index (χ0) is 7.11. The summed E-state index contributed by atoms with van der Waals surface area (Å²) in [5.74, 6) is -0.506. The van der Waals surface area contributed by atoms with E-state index in [4.69, 9.17) is 0 Å². The maximum atomic E-state index is 10.2. The van der Waals surface area contributed by atoms with Crippen LogP contribution in [0.5, 0.6) is 0 Å². The Hall–Kier alpha value is -1.18. The lowest BCUT2D eigenvalue weighted by Gasteiger charge is -1.71. The van der Waals surface area contributed by atoms with Crippen molar-refractivity contribution in [2.24, 2.45) is 0 Å². The second-order valence-corrected chi connectivity index (χ2v) is 1.41. The van der Waals surface area contributed by atoms with Crippen LogP contribution in [0.4, 0.5) is 0 Å². The number of hydrogen-bond donors (Lipinski definition) is 0. The third-order valence-electron chi connectivity index (χ3n) is 0.680. The summed E-state index contributed by atoms with van der Waals surface area (Å²) in [5.41, 5.74) is 0. The van der Waals surface area contributed by atoms with Crippen molar-refractivity contribution in [1.29, 1.82) is 0 Å². The van der Waals surface area contributed by atoms with Crippen LogP contribution in [0.25, 0.3) is 0 Å². The van der Waals surface area contributed by atoms with E-state index in [1.165, 1.54) is 12.2 Å². The smallest absolute Gasteiger partial charge is 0.218 e. The van der Waals surface area contributed by atoms with Gasteiger partial charge in [0.25, 0.3) is 0 Å². The van der Waals surface area contributed by atoms with Gasteiger partial charge >= 0.3 is 0 Å². The van der Waals surface area contributed by atoms with Crippen LogP contribution in [0.2, 0.25) is 0 Å². The highest BCUT2D eigenvalue weighted by Gasteiger charge is 1.85. The van der Waals surface area contributed by atoms with E-state index in [1.54, 1.807) is 12.2 Å². The normalized spacial score (nSPS) is 10.8. The van der Waals surface area contributed by atoms with Gasteiger partial charge in [0.05, 0.1) is 0 Å². The molecule has 0 saturated carbocycles. The third kappa shape index (κ3) is 4.68. The van der Waals surface area contributed by atoms with Crippen molar-refractivity contribution in [3.63, 3.8) is 0 Å². The highest BCUT2D eigenvalue weighted by molar-refractivity contribution is 6.30. The van der Waals surface area contributed by atoms with Crippen molar-refractivity contribution in [3.8, 4) is 0 Å². The largest absolute Gasteiger partial charge is 0.294 e. The molecule has 0 aromatic carbocycles. The Bertz CT molecular complexity index is 154. The number of aldehydes is 1. The van der Waals surface area contributed by atoms with Crippen molar-refractivity contribution in [1.82, 2.24) is 0 Å². The Morgan fingerprint density at radius 1 is 1.33 bits per heavy atom. The topological polar surface area (TPSA) is 34.1 Å². The number of ketones is 1. The summed E-state index contributed by atoms with van der Waals surface area (Å²) in [6, 6.07) is 0. The third-order valence-corrected chi connectivity index (χ3v) is 0.680. The van der Waals surface area contributed by atoms with E-state index in [9.17, 15) is 9.59 Å². The average molecular weight is 124 g/mol. The van der Waals surface area contributed by atoms with Gasteiger partial charge in [-0.1, -0.05) is 18.2 Å². The molecule has 0 aromatic heterocycles. The fraction of sp³-hybridized carbons (Fsp3) is 0.143. The first kappa shape index (κ1) is 7.82. The van der Waals surface area contributed by atoms with Gasteiger partial charge in [-0.15, -0.1) is 0 Å². The fourth-order valence-corrected chi connectivity index (χ4v) is 0.301. The number of carbonyl (C=O) groups is 2. The zero-order valence-corrected chi connectivity index (χ0v) is 5.20. The lowest BCUT2D eigenvalue weighted by Crippen LogP contribution is -1.90. The summed E-state index contributed by atoms with van der Waals surface area (Å²) < 4.78 is 0. The monoisotopic (exact) mass is 124 g/mol. The maximum absolute atomic E-state index is 10.2. The molecule has 0 fully saturated rings. The second-order valence-electron chi connectivity index (χ2n) is 1.41. The molecule has 0 heterocycles. The van der Waals surface area contributed by atoms with Gasteiger partial charge in [0, 0.05) is 0 Å². The molecule has 0 unspecified atom stereocenters. The minimum Gasteiger partial charge on any atom is -0.294 e. The van der Waals surface area contributed by atoms with Crippen LogP contribution >= 0.6 is 0 Å². The van der Waals surface area contributed by atoms with E-state index in [0.717, 1.165) is 0 Å².